The van der Waals surface area contributed by atoms with Crippen molar-refractivity contribution in [3.8, 4) is 0 Å². The molecule has 0 aromatic carbocycles. The Bertz CT molecular complexity index is 226. The zero-order chi connectivity index (χ0) is 12.0. The maximum absolute atomic E-state index is 11.5. The van der Waals surface area contributed by atoms with Crippen molar-refractivity contribution in [3.05, 3.63) is 0 Å². The van der Waals surface area contributed by atoms with E-state index in [1.54, 1.807) is 0 Å². The molecule has 0 amide bonds. The lowest BCUT2D eigenvalue weighted by molar-refractivity contribution is -0.143. The van der Waals surface area contributed by atoms with Crippen LogP contribution in [0.5, 0.6) is 0 Å². The molecular formula is C13H25NO2. The molecule has 2 unspecified atom stereocenters. The molecule has 0 spiro atoms. The van der Waals surface area contributed by atoms with E-state index >= 15 is 0 Å². The van der Waals surface area contributed by atoms with Crippen LogP contribution in [0.1, 0.15) is 52.4 Å². The topological polar surface area (TPSA) is 38.3 Å². The van der Waals surface area contributed by atoms with Crippen molar-refractivity contribution in [1.29, 1.82) is 0 Å². The van der Waals surface area contributed by atoms with Gasteiger partial charge in [0.05, 0.1) is 13.5 Å². The van der Waals surface area contributed by atoms with E-state index in [0.29, 0.717) is 6.42 Å². The predicted molar refractivity (Wildman–Crippen MR) is 65.3 cm³/mol. The third kappa shape index (κ3) is 3.48. The number of methoxy groups -OCH3 is 1. The summed E-state index contributed by atoms with van der Waals surface area (Å²) in [4.78, 5) is 11.5. The number of hydrogen-bond acceptors (Lipinski definition) is 3. The minimum absolute atomic E-state index is 0.000764. The van der Waals surface area contributed by atoms with Crippen molar-refractivity contribution >= 4 is 5.97 Å². The standard InChI is InChI=1S/C13H25NO2/c1-4-11-7-6-8-13(9-11,14-5-2)10-12(15)16-3/h11,14H,4-10H2,1-3H3. The summed E-state index contributed by atoms with van der Waals surface area (Å²) in [6.07, 6.45) is 6.49. The van der Waals surface area contributed by atoms with Crippen LogP contribution in [-0.4, -0.2) is 25.2 Å². The molecule has 1 saturated carbocycles. The number of nitrogens with one attached hydrogen (secondary N) is 1. The highest BCUT2D eigenvalue weighted by molar-refractivity contribution is 5.70. The van der Waals surface area contributed by atoms with Gasteiger partial charge >= 0.3 is 5.97 Å². The average Bonchev–Trinajstić information content (AvgIpc) is 2.29. The highest BCUT2D eigenvalue weighted by Crippen LogP contribution is 2.36. The Morgan fingerprint density at radius 2 is 2.25 bits per heavy atom. The van der Waals surface area contributed by atoms with E-state index < -0.39 is 0 Å². The van der Waals surface area contributed by atoms with Crippen LogP contribution < -0.4 is 5.32 Å². The molecule has 1 rings (SSSR count). The van der Waals surface area contributed by atoms with Crippen molar-refractivity contribution < 1.29 is 9.53 Å². The number of ether oxygens (including phenoxy) is 1. The first-order valence-corrected chi connectivity index (χ1v) is 6.47. The maximum Gasteiger partial charge on any atom is 0.307 e. The molecule has 0 aromatic rings. The van der Waals surface area contributed by atoms with Gasteiger partial charge in [0.2, 0.25) is 0 Å². The van der Waals surface area contributed by atoms with Gasteiger partial charge in [0.25, 0.3) is 0 Å². The number of carbonyl (C=O) groups excluding carboxylic acids is 1. The van der Waals surface area contributed by atoms with E-state index in [-0.39, 0.29) is 11.5 Å². The van der Waals surface area contributed by atoms with Crippen LogP contribution in [-0.2, 0) is 9.53 Å². The fourth-order valence-electron chi connectivity index (χ4n) is 2.94. The molecule has 94 valence electrons. The van der Waals surface area contributed by atoms with Crippen molar-refractivity contribution in [2.45, 2.75) is 57.9 Å². The van der Waals surface area contributed by atoms with Gasteiger partial charge in [0, 0.05) is 5.54 Å². The average molecular weight is 227 g/mol. The van der Waals surface area contributed by atoms with Gasteiger partial charge in [-0.3, -0.25) is 4.79 Å². The molecular weight excluding hydrogens is 202 g/mol. The summed E-state index contributed by atoms with van der Waals surface area (Å²) in [5.41, 5.74) is 0.000764. The second-order valence-electron chi connectivity index (χ2n) is 4.93. The second kappa shape index (κ2) is 6.24. The number of carbonyl (C=O) groups is 1. The lowest BCUT2D eigenvalue weighted by atomic mass is 9.73. The van der Waals surface area contributed by atoms with Gasteiger partial charge in [-0.15, -0.1) is 0 Å². The van der Waals surface area contributed by atoms with Gasteiger partial charge in [0.15, 0.2) is 0 Å². The van der Waals surface area contributed by atoms with Crippen molar-refractivity contribution in [2.75, 3.05) is 13.7 Å². The number of esters is 1. The summed E-state index contributed by atoms with van der Waals surface area (Å²) >= 11 is 0. The summed E-state index contributed by atoms with van der Waals surface area (Å²) < 4.78 is 4.81. The van der Waals surface area contributed by atoms with Crippen molar-refractivity contribution in [3.63, 3.8) is 0 Å². The summed E-state index contributed by atoms with van der Waals surface area (Å²) in [6, 6.07) is 0. The van der Waals surface area contributed by atoms with Gasteiger partial charge in [-0.05, 0) is 25.3 Å². The first-order chi connectivity index (χ1) is 7.65. The summed E-state index contributed by atoms with van der Waals surface area (Å²) in [5.74, 6) is 0.676. The van der Waals surface area contributed by atoms with Crippen LogP contribution in [0.3, 0.4) is 0 Å². The highest BCUT2D eigenvalue weighted by atomic mass is 16.5. The van der Waals surface area contributed by atoms with Crippen molar-refractivity contribution in [2.24, 2.45) is 5.92 Å². The van der Waals surface area contributed by atoms with Crippen LogP contribution in [0.4, 0.5) is 0 Å². The summed E-state index contributed by atoms with van der Waals surface area (Å²) in [6.45, 7) is 5.27. The first-order valence-electron chi connectivity index (χ1n) is 6.47. The van der Waals surface area contributed by atoms with Crippen LogP contribution in [0, 0.1) is 5.92 Å². The largest absolute Gasteiger partial charge is 0.469 e. The zero-order valence-electron chi connectivity index (χ0n) is 10.8. The molecule has 3 nitrogen and oxygen atoms in total. The lowest BCUT2D eigenvalue weighted by Crippen LogP contribution is -2.50. The van der Waals surface area contributed by atoms with Crippen LogP contribution in [0.15, 0.2) is 0 Å². The Kier molecular flexibility index (Phi) is 5.26. The van der Waals surface area contributed by atoms with Crippen molar-refractivity contribution in [1.82, 2.24) is 5.32 Å². The molecule has 0 bridgehead atoms. The van der Waals surface area contributed by atoms with E-state index in [9.17, 15) is 4.79 Å². The Balaban J connectivity index is 2.66. The van der Waals surface area contributed by atoms with Crippen LogP contribution >= 0.6 is 0 Å². The molecule has 0 radical (unpaired) electrons. The van der Waals surface area contributed by atoms with E-state index in [4.69, 9.17) is 4.74 Å². The molecule has 0 aromatic heterocycles. The zero-order valence-corrected chi connectivity index (χ0v) is 10.8. The fourth-order valence-corrected chi connectivity index (χ4v) is 2.94. The molecule has 16 heavy (non-hydrogen) atoms. The van der Waals surface area contributed by atoms with Crippen LogP contribution in [0.25, 0.3) is 0 Å². The molecule has 0 aliphatic heterocycles. The molecule has 3 heteroatoms. The lowest BCUT2D eigenvalue weighted by Gasteiger charge is -2.41. The Hall–Kier alpha value is -0.570. The molecule has 1 fully saturated rings. The Morgan fingerprint density at radius 3 is 2.81 bits per heavy atom. The molecule has 0 saturated heterocycles. The molecule has 1 aliphatic rings. The highest BCUT2D eigenvalue weighted by Gasteiger charge is 2.37. The van der Waals surface area contributed by atoms with E-state index in [2.05, 4.69) is 19.2 Å². The van der Waals surface area contributed by atoms with Gasteiger partial charge < -0.3 is 10.1 Å². The van der Waals surface area contributed by atoms with Crippen LogP contribution in [0.2, 0.25) is 0 Å². The predicted octanol–water partition coefficient (Wildman–Crippen LogP) is 2.50. The van der Waals surface area contributed by atoms with E-state index in [0.717, 1.165) is 25.3 Å². The number of hydrogen-bond donors (Lipinski definition) is 1. The quantitative estimate of drug-likeness (QED) is 0.733. The van der Waals surface area contributed by atoms with Gasteiger partial charge in [-0.25, -0.2) is 0 Å². The Morgan fingerprint density at radius 1 is 1.50 bits per heavy atom. The molecule has 1 aliphatic carbocycles. The molecule has 2 atom stereocenters. The van der Waals surface area contributed by atoms with Gasteiger partial charge in [-0.1, -0.05) is 33.1 Å². The third-order valence-corrected chi connectivity index (χ3v) is 3.79. The normalized spacial score (nSPS) is 30.1. The third-order valence-electron chi connectivity index (χ3n) is 3.79. The minimum Gasteiger partial charge on any atom is -0.469 e. The number of rotatable bonds is 5. The minimum atomic E-state index is -0.0855. The maximum atomic E-state index is 11.5. The van der Waals surface area contributed by atoms with E-state index in [1.165, 1.54) is 26.4 Å². The van der Waals surface area contributed by atoms with E-state index in [1.807, 2.05) is 0 Å². The summed E-state index contributed by atoms with van der Waals surface area (Å²) in [5, 5.41) is 3.53. The van der Waals surface area contributed by atoms with Gasteiger partial charge in [0.1, 0.15) is 0 Å². The smallest absolute Gasteiger partial charge is 0.307 e. The second-order valence-corrected chi connectivity index (χ2v) is 4.93. The fraction of sp³-hybridized carbons (Fsp3) is 0.923. The molecule has 1 N–H and O–H groups in total. The monoisotopic (exact) mass is 227 g/mol. The Labute approximate surface area is 98.9 Å². The summed E-state index contributed by atoms with van der Waals surface area (Å²) in [7, 11) is 1.47. The SMILES string of the molecule is CCNC1(CC(=O)OC)CCCC(CC)C1. The first kappa shape index (κ1) is 13.5. The molecule has 0 heterocycles. The van der Waals surface area contributed by atoms with Gasteiger partial charge in [-0.2, -0.15) is 0 Å².